The quantitative estimate of drug-likeness (QED) is 0.747. The van der Waals surface area contributed by atoms with E-state index in [1.54, 1.807) is 17.6 Å². The van der Waals surface area contributed by atoms with Crippen LogP contribution in [0.2, 0.25) is 0 Å². The Bertz CT molecular complexity index is 595. The average molecular weight is 229 g/mol. The molecule has 1 aromatic carbocycles. The van der Waals surface area contributed by atoms with Gasteiger partial charge in [0.1, 0.15) is 12.6 Å². The van der Waals surface area contributed by atoms with E-state index in [1.165, 1.54) is 0 Å². The van der Waals surface area contributed by atoms with Crippen LogP contribution >= 0.6 is 0 Å². The SMILES string of the molecule is CCOC(=O)Cn1c(C#N)nc2ccccc21. The predicted molar refractivity (Wildman–Crippen MR) is 61.1 cm³/mol. The largest absolute Gasteiger partial charge is 0.465 e. The molecule has 0 aliphatic rings. The Morgan fingerprint density at radius 1 is 1.53 bits per heavy atom. The Morgan fingerprint density at radius 3 is 3.00 bits per heavy atom. The van der Waals surface area contributed by atoms with Crippen LogP contribution in [0.5, 0.6) is 0 Å². The van der Waals surface area contributed by atoms with Gasteiger partial charge in [-0.15, -0.1) is 0 Å². The lowest BCUT2D eigenvalue weighted by atomic mass is 10.3. The lowest BCUT2D eigenvalue weighted by Crippen LogP contribution is -2.14. The van der Waals surface area contributed by atoms with Crippen LogP contribution in [0, 0.1) is 11.3 Å². The lowest BCUT2D eigenvalue weighted by molar-refractivity contribution is -0.143. The van der Waals surface area contributed by atoms with Crippen molar-refractivity contribution in [2.75, 3.05) is 6.61 Å². The minimum absolute atomic E-state index is 0.0112. The van der Waals surface area contributed by atoms with E-state index in [2.05, 4.69) is 4.98 Å². The molecule has 0 saturated heterocycles. The van der Waals surface area contributed by atoms with E-state index in [0.29, 0.717) is 12.1 Å². The number of rotatable bonds is 3. The zero-order valence-corrected chi connectivity index (χ0v) is 9.38. The molecular weight excluding hydrogens is 218 g/mol. The van der Waals surface area contributed by atoms with Gasteiger partial charge in [-0.3, -0.25) is 4.79 Å². The summed E-state index contributed by atoms with van der Waals surface area (Å²) in [4.78, 5) is 15.6. The highest BCUT2D eigenvalue weighted by Gasteiger charge is 2.13. The number of hydrogen-bond acceptors (Lipinski definition) is 4. The van der Waals surface area contributed by atoms with Crippen molar-refractivity contribution >= 4 is 17.0 Å². The fourth-order valence-electron chi connectivity index (χ4n) is 1.66. The van der Waals surface area contributed by atoms with Gasteiger partial charge in [0.05, 0.1) is 17.6 Å². The molecule has 5 nitrogen and oxygen atoms in total. The zero-order chi connectivity index (χ0) is 12.3. The summed E-state index contributed by atoms with van der Waals surface area (Å²) in [6.45, 7) is 2.08. The molecule has 5 heteroatoms. The van der Waals surface area contributed by atoms with E-state index in [0.717, 1.165) is 5.52 Å². The maximum Gasteiger partial charge on any atom is 0.326 e. The first-order chi connectivity index (χ1) is 8.26. The van der Waals surface area contributed by atoms with E-state index in [-0.39, 0.29) is 18.3 Å². The second-order valence-electron chi connectivity index (χ2n) is 3.43. The van der Waals surface area contributed by atoms with Crippen LogP contribution in [-0.4, -0.2) is 22.1 Å². The summed E-state index contributed by atoms with van der Waals surface area (Å²) in [5.41, 5.74) is 1.46. The fraction of sp³-hybridized carbons (Fsp3) is 0.250. The number of benzene rings is 1. The standard InChI is InChI=1S/C12H11N3O2/c1-2-17-12(16)8-15-10-6-4-3-5-9(10)14-11(15)7-13/h3-6H,2,8H2,1H3. The molecule has 0 fully saturated rings. The number of carbonyl (C=O) groups is 1. The summed E-state index contributed by atoms with van der Waals surface area (Å²) >= 11 is 0. The first-order valence-corrected chi connectivity index (χ1v) is 5.27. The second kappa shape index (κ2) is 4.66. The van der Waals surface area contributed by atoms with Crippen molar-refractivity contribution in [3.8, 4) is 6.07 Å². The van der Waals surface area contributed by atoms with Crippen LogP contribution in [-0.2, 0) is 16.1 Å². The summed E-state index contributed by atoms with van der Waals surface area (Å²) in [5.74, 6) is -0.147. The molecule has 1 aromatic heterocycles. The van der Waals surface area contributed by atoms with Gasteiger partial charge in [0.15, 0.2) is 0 Å². The Kier molecular flexibility index (Phi) is 3.06. The number of esters is 1. The summed E-state index contributed by atoms with van der Waals surface area (Å²) in [6, 6.07) is 9.28. The van der Waals surface area contributed by atoms with Crippen molar-refractivity contribution < 1.29 is 9.53 Å². The summed E-state index contributed by atoms with van der Waals surface area (Å²) in [5, 5.41) is 8.98. The molecule has 0 aliphatic carbocycles. The Morgan fingerprint density at radius 2 is 2.29 bits per heavy atom. The second-order valence-corrected chi connectivity index (χ2v) is 3.43. The van der Waals surface area contributed by atoms with Crippen molar-refractivity contribution in [1.29, 1.82) is 5.26 Å². The number of fused-ring (bicyclic) bond motifs is 1. The molecule has 0 N–H and O–H groups in total. The fourth-order valence-corrected chi connectivity index (χ4v) is 1.66. The van der Waals surface area contributed by atoms with Crippen LogP contribution in [0.15, 0.2) is 24.3 Å². The highest BCUT2D eigenvalue weighted by atomic mass is 16.5. The van der Waals surface area contributed by atoms with E-state index >= 15 is 0 Å². The highest BCUT2D eigenvalue weighted by Crippen LogP contribution is 2.15. The van der Waals surface area contributed by atoms with Gasteiger partial charge in [-0.05, 0) is 19.1 Å². The zero-order valence-electron chi connectivity index (χ0n) is 9.38. The molecule has 0 atom stereocenters. The molecule has 86 valence electrons. The van der Waals surface area contributed by atoms with Gasteiger partial charge in [0.25, 0.3) is 0 Å². The van der Waals surface area contributed by atoms with Crippen molar-refractivity contribution in [3.05, 3.63) is 30.1 Å². The first kappa shape index (κ1) is 11.1. The van der Waals surface area contributed by atoms with Crippen molar-refractivity contribution in [2.45, 2.75) is 13.5 Å². The topological polar surface area (TPSA) is 67.9 Å². The van der Waals surface area contributed by atoms with Gasteiger partial charge in [-0.1, -0.05) is 12.1 Å². The van der Waals surface area contributed by atoms with Gasteiger partial charge in [0.2, 0.25) is 5.82 Å². The molecule has 0 radical (unpaired) electrons. The van der Waals surface area contributed by atoms with E-state index in [9.17, 15) is 4.79 Å². The number of ether oxygens (including phenoxy) is 1. The minimum atomic E-state index is -0.368. The molecule has 17 heavy (non-hydrogen) atoms. The number of hydrogen-bond donors (Lipinski definition) is 0. The minimum Gasteiger partial charge on any atom is -0.465 e. The Labute approximate surface area is 98.2 Å². The average Bonchev–Trinajstić information content (AvgIpc) is 2.68. The smallest absolute Gasteiger partial charge is 0.326 e. The molecule has 1 heterocycles. The predicted octanol–water partition coefficient (Wildman–Crippen LogP) is 1.47. The summed E-state index contributed by atoms with van der Waals surface area (Å²) in [6.07, 6.45) is 0. The van der Waals surface area contributed by atoms with Gasteiger partial charge in [-0.2, -0.15) is 5.26 Å². The number of imidazole rings is 1. The molecule has 2 rings (SSSR count). The monoisotopic (exact) mass is 229 g/mol. The Hall–Kier alpha value is -2.35. The molecule has 0 amide bonds. The van der Waals surface area contributed by atoms with Crippen LogP contribution in [0.4, 0.5) is 0 Å². The molecule has 0 unspecified atom stereocenters. The third-order valence-corrected chi connectivity index (χ3v) is 2.35. The normalized spacial score (nSPS) is 10.1. The number of para-hydroxylation sites is 2. The molecular formula is C12H11N3O2. The molecule has 2 aromatic rings. The van der Waals surface area contributed by atoms with Crippen LogP contribution in [0.1, 0.15) is 12.7 Å². The van der Waals surface area contributed by atoms with Gasteiger partial charge >= 0.3 is 5.97 Å². The number of nitriles is 1. The molecule has 0 aliphatic heterocycles. The molecule has 0 saturated carbocycles. The van der Waals surface area contributed by atoms with Gasteiger partial charge < -0.3 is 9.30 Å². The number of carbonyl (C=O) groups excluding carboxylic acids is 1. The Balaban J connectivity index is 2.44. The van der Waals surface area contributed by atoms with E-state index in [1.807, 2.05) is 24.3 Å². The first-order valence-electron chi connectivity index (χ1n) is 5.27. The number of aromatic nitrogens is 2. The van der Waals surface area contributed by atoms with E-state index < -0.39 is 0 Å². The van der Waals surface area contributed by atoms with E-state index in [4.69, 9.17) is 10.00 Å². The van der Waals surface area contributed by atoms with Crippen molar-refractivity contribution in [3.63, 3.8) is 0 Å². The van der Waals surface area contributed by atoms with Gasteiger partial charge in [-0.25, -0.2) is 4.98 Å². The van der Waals surface area contributed by atoms with Crippen LogP contribution in [0.25, 0.3) is 11.0 Å². The maximum absolute atomic E-state index is 11.4. The van der Waals surface area contributed by atoms with Crippen molar-refractivity contribution in [2.24, 2.45) is 0 Å². The third-order valence-electron chi connectivity index (χ3n) is 2.35. The van der Waals surface area contributed by atoms with Gasteiger partial charge in [0, 0.05) is 0 Å². The number of nitrogens with zero attached hydrogens (tertiary/aromatic N) is 3. The highest BCUT2D eigenvalue weighted by molar-refractivity contribution is 5.79. The molecule has 0 spiro atoms. The lowest BCUT2D eigenvalue weighted by Gasteiger charge is -2.04. The van der Waals surface area contributed by atoms with Crippen molar-refractivity contribution in [1.82, 2.24) is 9.55 Å². The molecule has 0 bridgehead atoms. The summed E-state index contributed by atoms with van der Waals surface area (Å²) in [7, 11) is 0. The van der Waals surface area contributed by atoms with Crippen LogP contribution in [0.3, 0.4) is 0 Å². The van der Waals surface area contributed by atoms with Crippen LogP contribution < -0.4 is 0 Å². The summed E-state index contributed by atoms with van der Waals surface area (Å²) < 4.78 is 6.43. The third kappa shape index (κ3) is 2.11. The maximum atomic E-state index is 11.4.